The fourth-order valence-electron chi connectivity index (χ4n) is 1.25. The molecule has 0 saturated heterocycles. The van der Waals surface area contributed by atoms with Crippen molar-refractivity contribution in [3.05, 3.63) is 10.8 Å². The molecule has 0 radical (unpaired) electrons. The lowest BCUT2D eigenvalue weighted by Gasteiger charge is -2.19. The molecule has 0 fully saturated rings. The van der Waals surface area contributed by atoms with Gasteiger partial charge in [0.1, 0.15) is 5.01 Å². The molecule has 9 heteroatoms. The van der Waals surface area contributed by atoms with E-state index in [0.29, 0.717) is 11.6 Å². The Morgan fingerprint density at radius 2 is 1.89 bits per heavy atom. The van der Waals surface area contributed by atoms with Crippen LogP contribution in [0.3, 0.4) is 0 Å². The zero-order valence-electron chi connectivity index (χ0n) is 10.0. The molecule has 0 unspecified atom stereocenters. The molecule has 2 aromatic rings. The van der Waals surface area contributed by atoms with Crippen molar-refractivity contribution in [2.45, 2.75) is 39.0 Å². The molecular formula is C9H12F3N5S. The summed E-state index contributed by atoms with van der Waals surface area (Å²) < 4.78 is 38.4. The molecule has 2 aromatic heterocycles. The van der Waals surface area contributed by atoms with Crippen molar-refractivity contribution < 1.29 is 13.2 Å². The SMILES string of the molecule is CC(C)(C)NCc1nn2c(C(F)(F)F)nnc2s1. The Balaban J connectivity index is 2.26. The zero-order chi connectivity index (χ0) is 13.6. The maximum absolute atomic E-state index is 12.6. The maximum Gasteiger partial charge on any atom is 0.453 e. The molecule has 2 rings (SSSR count). The third kappa shape index (κ3) is 2.78. The average molecular weight is 279 g/mol. The first-order valence-electron chi connectivity index (χ1n) is 5.20. The lowest BCUT2D eigenvalue weighted by atomic mass is 10.1. The minimum atomic E-state index is -4.54. The van der Waals surface area contributed by atoms with Gasteiger partial charge >= 0.3 is 6.18 Å². The van der Waals surface area contributed by atoms with Crippen LogP contribution in [0.15, 0.2) is 0 Å². The van der Waals surface area contributed by atoms with Crippen LogP contribution in [-0.4, -0.2) is 25.4 Å². The van der Waals surface area contributed by atoms with E-state index in [0.717, 1.165) is 15.9 Å². The molecule has 5 nitrogen and oxygen atoms in total. The number of hydrogen-bond donors (Lipinski definition) is 1. The van der Waals surface area contributed by atoms with E-state index < -0.39 is 12.0 Å². The predicted octanol–water partition coefficient (Wildman–Crippen LogP) is 2.09. The zero-order valence-corrected chi connectivity index (χ0v) is 10.9. The van der Waals surface area contributed by atoms with Gasteiger partial charge in [-0.25, -0.2) is 0 Å². The molecule has 0 saturated carbocycles. The second-order valence-electron chi connectivity index (χ2n) is 4.82. The van der Waals surface area contributed by atoms with Crippen molar-refractivity contribution in [3.63, 3.8) is 0 Å². The van der Waals surface area contributed by atoms with E-state index in [1.54, 1.807) is 0 Å². The highest BCUT2D eigenvalue weighted by Gasteiger charge is 2.38. The van der Waals surface area contributed by atoms with Crippen LogP contribution in [0.2, 0.25) is 0 Å². The van der Waals surface area contributed by atoms with Crippen molar-refractivity contribution in [2.24, 2.45) is 0 Å². The first-order chi connectivity index (χ1) is 8.17. The van der Waals surface area contributed by atoms with E-state index in [1.807, 2.05) is 20.8 Å². The van der Waals surface area contributed by atoms with Crippen molar-refractivity contribution in [1.29, 1.82) is 0 Å². The van der Waals surface area contributed by atoms with E-state index in [1.165, 1.54) is 0 Å². The quantitative estimate of drug-likeness (QED) is 0.914. The molecule has 0 atom stereocenters. The van der Waals surface area contributed by atoms with Crippen LogP contribution in [0.5, 0.6) is 0 Å². The summed E-state index contributed by atoms with van der Waals surface area (Å²) >= 11 is 1.09. The van der Waals surface area contributed by atoms with Crippen LogP contribution in [0.1, 0.15) is 31.6 Å². The van der Waals surface area contributed by atoms with Crippen molar-refractivity contribution in [3.8, 4) is 0 Å². The van der Waals surface area contributed by atoms with Gasteiger partial charge in [0, 0.05) is 5.54 Å². The number of nitrogens with zero attached hydrogens (tertiary/aromatic N) is 4. The van der Waals surface area contributed by atoms with Crippen molar-refractivity contribution >= 4 is 16.3 Å². The number of alkyl halides is 3. The van der Waals surface area contributed by atoms with Crippen LogP contribution in [0.4, 0.5) is 13.2 Å². The molecule has 0 amide bonds. The Bertz CT molecular complexity index is 551. The first kappa shape index (κ1) is 13.2. The van der Waals surface area contributed by atoms with Crippen LogP contribution < -0.4 is 5.32 Å². The maximum atomic E-state index is 12.6. The first-order valence-corrected chi connectivity index (χ1v) is 6.02. The lowest BCUT2D eigenvalue weighted by molar-refractivity contribution is -0.146. The average Bonchev–Trinajstić information content (AvgIpc) is 2.68. The van der Waals surface area contributed by atoms with Crippen molar-refractivity contribution in [2.75, 3.05) is 0 Å². The van der Waals surface area contributed by atoms with Crippen molar-refractivity contribution in [1.82, 2.24) is 25.1 Å². The number of halogens is 3. The van der Waals surface area contributed by atoms with Gasteiger partial charge < -0.3 is 5.32 Å². The van der Waals surface area contributed by atoms with Gasteiger partial charge in [0.05, 0.1) is 6.54 Å². The number of fused-ring (bicyclic) bond motifs is 1. The smallest absolute Gasteiger partial charge is 0.306 e. The lowest BCUT2D eigenvalue weighted by Crippen LogP contribution is -2.35. The second kappa shape index (κ2) is 4.16. The fraction of sp³-hybridized carbons (Fsp3) is 0.667. The molecule has 0 aliphatic heterocycles. The van der Waals surface area contributed by atoms with E-state index in [-0.39, 0.29) is 10.5 Å². The molecule has 1 N–H and O–H groups in total. The third-order valence-electron chi connectivity index (χ3n) is 2.06. The molecule has 0 aromatic carbocycles. The Kier molecular flexibility index (Phi) is 3.06. The number of rotatable bonds is 2. The standard InChI is InChI=1S/C9H12F3N5S/c1-8(2,3)13-4-5-16-17-6(9(10,11)12)14-15-7(17)18-5/h13H,4H2,1-3H3. The summed E-state index contributed by atoms with van der Waals surface area (Å²) in [6.45, 7) is 6.30. The van der Waals surface area contributed by atoms with Crippen LogP contribution in [-0.2, 0) is 12.7 Å². The summed E-state index contributed by atoms with van der Waals surface area (Å²) in [5.41, 5.74) is -0.126. The van der Waals surface area contributed by atoms with E-state index in [4.69, 9.17) is 0 Å². The summed E-state index contributed by atoms with van der Waals surface area (Å²) in [4.78, 5) is 0.146. The normalized spacial score (nSPS) is 13.4. The highest BCUT2D eigenvalue weighted by atomic mass is 32.1. The molecule has 0 spiro atoms. The second-order valence-corrected chi connectivity index (χ2v) is 5.86. The third-order valence-corrected chi connectivity index (χ3v) is 2.95. The molecule has 2 heterocycles. The Hall–Kier alpha value is -1.22. The minimum Gasteiger partial charge on any atom is -0.306 e. The number of hydrogen-bond acceptors (Lipinski definition) is 5. The summed E-state index contributed by atoms with van der Waals surface area (Å²) in [5, 5.41) is 14.1. The summed E-state index contributed by atoms with van der Waals surface area (Å²) in [7, 11) is 0. The van der Waals surface area contributed by atoms with Gasteiger partial charge in [0.25, 0.3) is 5.82 Å². The van der Waals surface area contributed by atoms with Gasteiger partial charge in [-0.15, -0.1) is 10.2 Å². The molecule has 0 aliphatic rings. The van der Waals surface area contributed by atoms with Crippen LogP contribution in [0.25, 0.3) is 4.96 Å². The Morgan fingerprint density at radius 1 is 1.22 bits per heavy atom. The van der Waals surface area contributed by atoms with Gasteiger partial charge in [-0.1, -0.05) is 11.3 Å². The van der Waals surface area contributed by atoms with Gasteiger partial charge in [-0.2, -0.15) is 22.8 Å². The summed E-state index contributed by atoms with van der Waals surface area (Å²) in [6, 6.07) is 0. The Morgan fingerprint density at radius 3 is 2.44 bits per heavy atom. The van der Waals surface area contributed by atoms with Gasteiger partial charge in [-0.3, -0.25) is 0 Å². The number of nitrogens with one attached hydrogen (secondary N) is 1. The molecule has 0 bridgehead atoms. The topological polar surface area (TPSA) is 55.1 Å². The van der Waals surface area contributed by atoms with E-state index in [9.17, 15) is 13.2 Å². The van der Waals surface area contributed by atoms with Gasteiger partial charge in [0.2, 0.25) is 4.96 Å². The highest BCUT2D eigenvalue weighted by Crippen LogP contribution is 2.28. The minimum absolute atomic E-state index is 0.126. The summed E-state index contributed by atoms with van der Waals surface area (Å²) in [6.07, 6.45) is -4.54. The van der Waals surface area contributed by atoms with E-state index >= 15 is 0 Å². The molecule has 18 heavy (non-hydrogen) atoms. The molecular weight excluding hydrogens is 267 g/mol. The largest absolute Gasteiger partial charge is 0.453 e. The predicted molar refractivity (Wildman–Crippen MR) is 60.3 cm³/mol. The molecule has 0 aliphatic carbocycles. The van der Waals surface area contributed by atoms with Gasteiger partial charge in [0.15, 0.2) is 0 Å². The van der Waals surface area contributed by atoms with E-state index in [2.05, 4.69) is 20.6 Å². The Labute approximate surface area is 105 Å². The van der Waals surface area contributed by atoms with Crippen LogP contribution >= 0.6 is 11.3 Å². The number of aromatic nitrogens is 4. The van der Waals surface area contributed by atoms with Gasteiger partial charge in [-0.05, 0) is 20.8 Å². The monoisotopic (exact) mass is 279 g/mol. The molecule has 100 valence electrons. The fourth-order valence-corrected chi connectivity index (χ4v) is 2.02. The summed E-state index contributed by atoms with van der Waals surface area (Å²) in [5.74, 6) is -1.09. The highest BCUT2D eigenvalue weighted by molar-refractivity contribution is 7.16. The van der Waals surface area contributed by atoms with Crippen LogP contribution in [0, 0.1) is 0 Å².